The minimum absolute atomic E-state index is 0.0118. The number of hydrogen-bond donors (Lipinski definition) is 1. The van der Waals surface area contributed by atoms with E-state index in [9.17, 15) is 4.79 Å². The van der Waals surface area contributed by atoms with Gasteiger partial charge in [-0.15, -0.1) is 0 Å². The zero-order valence-corrected chi connectivity index (χ0v) is 7.38. The van der Waals surface area contributed by atoms with E-state index in [1.165, 1.54) is 0 Å². The maximum Gasteiger partial charge on any atom is 0.309 e. The van der Waals surface area contributed by atoms with Gasteiger partial charge in [0.25, 0.3) is 0 Å². The van der Waals surface area contributed by atoms with Gasteiger partial charge in [0.1, 0.15) is 0 Å². The van der Waals surface area contributed by atoms with Gasteiger partial charge in [-0.2, -0.15) is 0 Å². The Kier molecular flexibility index (Phi) is 1.65. The second-order valence-corrected chi connectivity index (χ2v) is 4.09. The fraction of sp³-hybridized carbons (Fsp3) is 0.889. The lowest BCUT2D eigenvalue weighted by Crippen LogP contribution is -2.44. The highest BCUT2D eigenvalue weighted by molar-refractivity contribution is 5.74. The Bertz CT molecular complexity index is 209. The van der Waals surface area contributed by atoms with E-state index >= 15 is 0 Å². The second kappa shape index (κ2) is 2.46. The van der Waals surface area contributed by atoms with Crippen molar-refractivity contribution >= 4 is 5.97 Å². The monoisotopic (exact) mass is 169 g/mol. The largest absolute Gasteiger partial charge is 0.466 e. The molecule has 0 saturated heterocycles. The normalized spacial score (nSPS) is 43.8. The summed E-state index contributed by atoms with van der Waals surface area (Å²) < 4.78 is 4.97. The molecule has 1 unspecified atom stereocenters. The number of fused-ring (bicyclic) bond motifs is 1. The van der Waals surface area contributed by atoms with E-state index in [-0.39, 0.29) is 17.4 Å². The summed E-state index contributed by atoms with van der Waals surface area (Å²) in [6.07, 6.45) is 2.89. The molecule has 3 saturated carbocycles. The first-order chi connectivity index (χ1) is 5.64. The van der Waals surface area contributed by atoms with Gasteiger partial charge < -0.3 is 10.5 Å². The average Bonchev–Trinajstić information content (AvgIpc) is 2.41. The van der Waals surface area contributed by atoms with Gasteiger partial charge in [-0.25, -0.2) is 0 Å². The Hall–Kier alpha value is -0.570. The Morgan fingerprint density at radius 3 is 2.67 bits per heavy atom. The van der Waals surface area contributed by atoms with E-state index in [1.54, 1.807) is 0 Å². The van der Waals surface area contributed by atoms with Crippen LogP contribution in [0.5, 0.6) is 0 Å². The molecule has 3 heteroatoms. The van der Waals surface area contributed by atoms with Crippen LogP contribution in [-0.4, -0.2) is 18.1 Å². The summed E-state index contributed by atoms with van der Waals surface area (Å²) >= 11 is 0. The van der Waals surface area contributed by atoms with Crippen LogP contribution in [0.1, 0.15) is 26.2 Å². The highest BCUT2D eigenvalue weighted by Crippen LogP contribution is 2.54. The molecule has 0 heterocycles. The number of hydrogen-bond acceptors (Lipinski definition) is 3. The van der Waals surface area contributed by atoms with E-state index in [0.29, 0.717) is 12.5 Å². The van der Waals surface area contributed by atoms with Crippen molar-refractivity contribution in [3.05, 3.63) is 0 Å². The van der Waals surface area contributed by atoms with Crippen molar-refractivity contribution in [3.63, 3.8) is 0 Å². The Labute approximate surface area is 72.3 Å². The van der Waals surface area contributed by atoms with Crippen molar-refractivity contribution in [2.45, 2.75) is 31.7 Å². The molecule has 0 aromatic heterocycles. The molecule has 0 aromatic carbocycles. The molecule has 3 fully saturated rings. The van der Waals surface area contributed by atoms with Gasteiger partial charge in [0.15, 0.2) is 0 Å². The van der Waals surface area contributed by atoms with Crippen molar-refractivity contribution in [2.75, 3.05) is 6.61 Å². The molecular weight excluding hydrogens is 154 g/mol. The quantitative estimate of drug-likeness (QED) is 0.618. The zero-order chi connectivity index (χ0) is 8.77. The first-order valence-electron chi connectivity index (χ1n) is 4.60. The molecule has 0 radical (unpaired) electrons. The molecule has 0 aliphatic heterocycles. The predicted molar refractivity (Wildman–Crippen MR) is 44.4 cm³/mol. The molecule has 3 rings (SSSR count). The molecule has 3 aliphatic rings. The van der Waals surface area contributed by atoms with Crippen molar-refractivity contribution in [1.82, 2.24) is 0 Å². The molecule has 0 aromatic rings. The number of carbonyl (C=O) groups is 1. The molecule has 12 heavy (non-hydrogen) atoms. The van der Waals surface area contributed by atoms with Crippen LogP contribution in [0, 0.1) is 11.8 Å². The lowest BCUT2D eigenvalue weighted by Gasteiger charge is -2.34. The summed E-state index contributed by atoms with van der Waals surface area (Å²) in [7, 11) is 0. The highest BCUT2D eigenvalue weighted by Gasteiger charge is 2.56. The first-order valence-corrected chi connectivity index (χ1v) is 4.60. The summed E-state index contributed by atoms with van der Waals surface area (Å²) in [5, 5.41) is 0. The van der Waals surface area contributed by atoms with Crippen LogP contribution in [0.3, 0.4) is 0 Å². The van der Waals surface area contributed by atoms with Gasteiger partial charge in [-0.3, -0.25) is 4.79 Å². The summed E-state index contributed by atoms with van der Waals surface area (Å²) in [6, 6.07) is 0. The Morgan fingerprint density at radius 1 is 1.58 bits per heavy atom. The standard InChI is InChI=1S/C9H15NO2/c1-2-12-8(11)7-5-9(10)3-6(7)4-9/h6-7H,2-5,10H2,1H3. The number of ether oxygens (including phenoxy) is 1. The predicted octanol–water partition coefficient (Wildman–Crippen LogP) is 0.677. The molecule has 0 spiro atoms. The van der Waals surface area contributed by atoms with E-state index in [2.05, 4.69) is 0 Å². The minimum Gasteiger partial charge on any atom is -0.466 e. The van der Waals surface area contributed by atoms with Crippen LogP contribution in [0.15, 0.2) is 0 Å². The minimum atomic E-state index is -0.0349. The molecule has 1 atom stereocenters. The zero-order valence-electron chi connectivity index (χ0n) is 7.38. The van der Waals surface area contributed by atoms with Gasteiger partial charge in [-0.1, -0.05) is 0 Å². The molecule has 0 amide bonds. The van der Waals surface area contributed by atoms with E-state index < -0.39 is 0 Å². The van der Waals surface area contributed by atoms with Gasteiger partial charge in [-0.05, 0) is 32.1 Å². The third kappa shape index (κ3) is 1.04. The lowest BCUT2D eigenvalue weighted by atomic mass is 9.77. The van der Waals surface area contributed by atoms with Crippen LogP contribution in [0.2, 0.25) is 0 Å². The number of carbonyl (C=O) groups excluding carboxylic acids is 1. The smallest absolute Gasteiger partial charge is 0.309 e. The summed E-state index contributed by atoms with van der Waals surface area (Å²) in [6.45, 7) is 2.33. The van der Waals surface area contributed by atoms with E-state index in [0.717, 1.165) is 19.3 Å². The molecular formula is C9H15NO2. The molecule has 2 bridgehead atoms. The molecule has 3 nitrogen and oxygen atoms in total. The van der Waals surface area contributed by atoms with Crippen LogP contribution in [0.4, 0.5) is 0 Å². The van der Waals surface area contributed by atoms with Crippen molar-refractivity contribution in [2.24, 2.45) is 17.6 Å². The topological polar surface area (TPSA) is 52.3 Å². The van der Waals surface area contributed by atoms with Crippen LogP contribution >= 0.6 is 0 Å². The summed E-state index contributed by atoms with van der Waals surface area (Å²) in [5.41, 5.74) is 5.95. The average molecular weight is 169 g/mol. The van der Waals surface area contributed by atoms with Crippen LogP contribution < -0.4 is 5.73 Å². The van der Waals surface area contributed by atoms with Crippen molar-refractivity contribution in [3.8, 4) is 0 Å². The molecule has 2 N–H and O–H groups in total. The number of rotatable bonds is 2. The number of esters is 1. The fourth-order valence-electron chi connectivity index (χ4n) is 2.57. The lowest BCUT2D eigenvalue weighted by molar-refractivity contribution is -0.148. The van der Waals surface area contributed by atoms with Crippen molar-refractivity contribution in [1.29, 1.82) is 0 Å². The van der Waals surface area contributed by atoms with Crippen LogP contribution in [0.25, 0.3) is 0 Å². The maximum atomic E-state index is 11.3. The third-order valence-electron chi connectivity index (χ3n) is 3.12. The second-order valence-electron chi connectivity index (χ2n) is 4.09. The maximum absolute atomic E-state index is 11.3. The van der Waals surface area contributed by atoms with Gasteiger partial charge in [0.2, 0.25) is 0 Å². The van der Waals surface area contributed by atoms with Gasteiger partial charge >= 0.3 is 5.97 Å². The van der Waals surface area contributed by atoms with E-state index in [4.69, 9.17) is 10.5 Å². The van der Waals surface area contributed by atoms with Crippen molar-refractivity contribution < 1.29 is 9.53 Å². The fourth-order valence-corrected chi connectivity index (χ4v) is 2.57. The SMILES string of the molecule is CCOC(=O)C1CC2(N)CC1C2. The van der Waals surface area contributed by atoms with Gasteiger partial charge in [0.05, 0.1) is 12.5 Å². The van der Waals surface area contributed by atoms with E-state index in [1.807, 2.05) is 6.92 Å². The number of nitrogens with two attached hydrogens (primary N) is 1. The third-order valence-corrected chi connectivity index (χ3v) is 3.12. The molecule has 3 aliphatic carbocycles. The van der Waals surface area contributed by atoms with Crippen LogP contribution in [-0.2, 0) is 9.53 Å². The Balaban J connectivity index is 1.95. The highest BCUT2D eigenvalue weighted by atomic mass is 16.5. The molecule has 68 valence electrons. The Morgan fingerprint density at radius 2 is 2.25 bits per heavy atom. The summed E-state index contributed by atoms with van der Waals surface area (Å²) in [5.74, 6) is 0.594. The summed E-state index contributed by atoms with van der Waals surface area (Å²) in [4.78, 5) is 11.3. The van der Waals surface area contributed by atoms with Gasteiger partial charge in [0, 0.05) is 5.54 Å². The first kappa shape index (κ1) is 8.05.